The molecule has 1 amide bonds. The summed E-state index contributed by atoms with van der Waals surface area (Å²) in [7, 11) is 3.41. The maximum atomic E-state index is 14.0. The number of rotatable bonds is 9. The standard InChI is InChI=1S/C34H41N3O3S/c1-39-27-13-14-30(40-2)26(21-27)22-35-32-28-15-16-37(23-29(28)34(38)36-17-19-41-20-18-36)33(32)31(24-9-5-3-6-10-24)25-11-7-4-8-12-25/h3-14,21,28-29,31-33,35H,15-20,22-23H2,1-2H3/t28-,29-,32-,33-/m0/s1. The van der Waals surface area contributed by atoms with Crippen molar-refractivity contribution in [3.05, 3.63) is 95.6 Å². The van der Waals surface area contributed by atoms with Crippen molar-refractivity contribution < 1.29 is 14.3 Å². The Balaban J connectivity index is 1.37. The molecule has 4 aliphatic rings. The van der Waals surface area contributed by atoms with Crippen LogP contribution in [0.3, 0.4) is 0 Å². The maximum absolute atomic E-state index is 14.0. The van der Waals surface area contributed by atoms with E-state index in [1.165, 1.54) is 11.1 Å². The number of fused-ring (bicyclic) bond motifs is 3. The minimum Gasteiger partial charge on any atom is -0.497 e. The number of thioether (sulfide) groups is 1. The fourth-order valence-electron chi connectivity index (χ4n) is 7.30. The summed E-state index contributed by atoms with van der Waals surface area (Å²) in [6.45, 7) is 4.22. The molecule has 5 atom stereocenters. The fourth-order valence-corrected chi connectivity index (χ4v) is 8.20. The van der Waals surface area contributed by atoms with Crippen molar-refractivity contribution in [1.29, 1.82) is 0 Å². The van der Waals surface area contributed by atoms with Crippen LogP contribution in [-0.2, 0) is 11.3 Å². The first-order valence-electron chi connectivity index (χ1n) is 14.8. The molecular weight excluding hydrogens is 530 g/mol. The molecule has 1 N–H and O–H groups in total. The molecule has 0 aromatic heterocycles. The van der Waals surface area contributed by atoms with Crippen LogP contribution in [-0.4, -0.2) is 79.7 Å². The zero-order chi connectivity index (χ0) is 28.2. The SMILES string of the molecule is COc1ccc(OC)c(CN[C@H]2[C@H]3CCN(C[C@@H]3C(=O)N3CCSCC3)[C@H]2C(c2ccccc2)c2ccccc2)c1. The molecule has 4 saturated heterocycles. The van der Waals surface area contributed by atoms with E-state index in [2.05, 4.69) is 81.8 Å². The molecule has 2 bridgehead atoms. The van der Waals surface area contributed by atoms with E-state index in [4.69, 9.17) is 9.47 Å². The molecule has 0 spiro atoms. The Morgan fingerprint density at radius 2 is 1.61 bits per heavy atom. The largest absolute Gasteiger partial charge is 0.497 e. The first-order chi connectivity index (χ1) is 20.2. The Hall–Kier alpha value is -3.00. The van der Waals surface area contributed by atoms with E-state index in [0.29, 0.717) is 12.5 Å². The molecule has 41 heavy (non-hydrogen) atoms. The van der Waals surface area contributed by atoms with Crippen LogP contribution in [0.25, 0.3) is 0 Å². The van der Waals surface area contributed by atoms with Crippen molar-refractivity contribution in [3.63, 3.8) is 0 Å². The molecule has 4 heterocycles. The number of nitrogens with zero attached hydrogens (tertiary/aromatic N) is 2. The molecule has 216 valence electrons. The quantitative estimate of drug-likeness (QED) is 0.395. The predicted octanol–water partition coefficient (Wildman–Crippen LogP) is 4.89. The summed E-state index contributed by atoms with van der Waals surface area (Å²) in [5.41, 5.74) is 3.70. The monoisotopic (exact) mass is 571 g/mol. The number of amides is 1. The second-order valence-corrected chi connectivity index (χ2v) is 12.6. The van der Waals surface area contributed by atoms with Crippen LogP contribution in [0.5, 0.6) is 11.5 Å². The summed E-state index contributed by atoms with van der Waals surface area (Å²) in [4.78, 5) is 18.7. The van der Waals surface area contributed by atoms with E-state index in [1.807, 2.05) is 23.9 Å². The first-order valence-corrected chi connectivity index (χ1v) is 16.0. The Labute approximate surface area is 248 Å². The van der Waals surface area contributed by atoms with Gasteiger partial charge in [0.15, 0.2) is 0 Å². The van der Waals surface area contributed by atoms with Gasteiger partial charge in [0.2, 0.25) is 5.91 Å². The number of nitrogens with one attached hydrogen (secondary N) is 1. The number of piperidine rings is 3. The number of methoxy groups -OCH3 is 2. The lowest BCUT2D eigenvalue weighted by Gasteiger charge is -2.57. The minimum atomic E-state index is 0.0139. The average Bonchev–Trinajstić information content (AvgIpc) is 3.05. The zero-order valence-electron chi connectivity index (χ0n) is 24.1. The van der Waals surface area contributed by atoms with Crippen LogP contribution in [0.1, 0.15) is 29.0 Å². The van der Waals surface area contributed by atoms with E-state index < -0.39 is 0 Å². The third-order valence-electron chi connectivity index (χ3n) is 9.26. The highest BCUT2D eigenvalue weighted by atomic mass is 32.2. The summed E-state index contributed by atoms with van der Waals surface area (Å²) in [5.74, 6) is 4.55. The number of carbonyl (C=O) groups excluding carboxylic acids is 1. The van der Waals surface area contributed by atoms with Gasteiger partial charge in [-0.05, 0) is 48.2 Å². The van der Waals surface area contributed by atoms with Gasteiger partial charge in [0, 0.05) is 61.2 Å². The number of carbonyl (C=O) groups is 1. The average molecular weight is 572 g/mol. The highest BCUT2D eigenvalue weighted by Gasteiger charge is 2.53. The summed E-state index contributed by atoms with van der Waals surface area (Å²) >= 11 is 1.95. The first kappa shape index (κ1) is 28.1. The van der Waals surface area contributed by atoms with Crippen molar-refractivity contribution in [3.8, 4) is 11.5 Å². The third-order valence-corrected chi connectivity index (χ3v) is 10.2. The molecule has 4 aliphatic heterocycles. The van der Waals surface area contributed by atoms with Crippen molar-refractivity contribution in [1.82, 2.24) is 15.1 Å². The molecule has 3 aromatic carbocycles. The number of benzene rings is 3. The van der Waals surface area contributed by atoms with Gasteiger partial charge in [0.05, 0.1) is 20.1 Å². The van der Waals surface area contributed by atoms with Gasteiger partial charge in [0.25, 0.3) is 0 Å². The van der Waals surface area contributed by atoms with E-state index in [9.17, 15) is 4.79 Å². The highest BCUT2D eigenvalue weighted by molar-refractivity contribution is 7.99. The van der Waals surface area contributed by atoms with Crippen molar-refractivity contribution >= 4 is 17.7 Å². The van der Waals surface area contributed by atoms with Gasteiger partial charge in [-0.3, -0.25) is 9.69 Å². The van der Waals surface area contributed by atoms with Crippen molar-refractivity contribution in [2.24, 2.45) is 11.8 Å². The normalized spacial score (nSPS) is 25.7. The molecule has 0 aliphatic carbocycles. The van der Waals surface area contributed by atoms with Gasteiger partial charge >= 0.3 is 0 Å². The van der Waals surface area contributed by atoms with Crippen LogP contribution in [0.2, 0.25) is 0 Å². The summed E-state index contributed by atoms with van der Waals surface area (Å²) in [6, 6.07) is 28.1. The van der Waals surface area contributed by atoms with Crippen LogP contribution in [0.4, 0.5) is 0 Å². The van der Waals surface area contributed by atoms with Crippen LogP contribution >= 0.6 is 11.8 Å². The Kier molecular flexibility index (Phi) is 8.84. The van der Waals surface area contributed by atoms with Crippen LogP contribution in [0, 0.1) is 11.8 Å². The Bertz CT molecular complexity index is 1260. The van der Waals surface area contributed by atoms with Gasteiger partial charge in [-0.1, -0.05) is 60.7 Å². The topological polar surface area (TPSA) is 54.0 Å². The minimum absolute atomic E-state index is 0.0139. The molecule has 3 aromatic rings. The van der Waals surface area contributed by atoms with Gasteiger partial charge in [-0.25, -0.2) is 0 Å². The molecular formula is C34H41N3O3S. The van der Waals surface area contributed by atoms with Crippen molar-refractivity contribution in [2.75, 3.05) is 51.9 Å². The molecule has 4 fully saturated rings. The molecule has 0 saturated carbocycles. The van der Waals surface area contributed by atoms with E-state index >= 15 is 0 Å². The molecule has 7 rings (SSSR count). The van der Waals surface area contributed by atoms with Gasteiger partial charge < -0.3 is 19.7 Å². The van der Waals surface area contributed by atoms with Gasteiger partial charge in [-0.2, -0.15) is 11.8 Å². The Morgan fingerprint density at radius 1 is 0.927 bits per heavy atom. The molecule has 0 radical (unpaired) electrons. The number of hydrogen-bond donors (Lipinski definition) is 1. The number of ether oxygens (including phenoxy) is 2. The van der Waals surface area contributed by atoms with Gasteiger partial charge in [0.1, 0.15) is 11.5 Å². The van der Waals surface area contributed by atoms with Crippen LogP contribution < -0.4 is 14.8 Å². The fraction of sp³-hybridized carbons (Fsp3) is 0.441. The van der Waals surface area contributed by atoms with Gasteiger partial charge in [-0.15, -0.1) is 0 Å². The molecule has 1 unspecified atom stereocenters. The van der Waals surface area contributed by atoms with E-state index in [-0.39, 0.29) is 29.8 Å². The summed E-state index contributed by atoms with van der Waals surface area (Å²) in [5, 5.41) is 4.00. The number of hydrogen-bond acceptors (Lipinski definition) is 6. The Morgan fingerprint density at radius 3 is 2.24 bits per heavy atom. The zero-order valence-corrected chi connectivity index (χ0v) is 24.9. The lowest BCUT2D eigenvalue weighted by molar-refractivity contribution is -0.145. The smallest absolute Gasteiger partial charge is 0.227 e. The predicted molar refractivity (Wildman–Crippen MR) is 166 cm³/mol. The summed E-state index contributed by atoms with van der Waals surface area (Å²) < 4.78 is 11.3. The lowest BCUT2D eigenvalue weighted by Crippen LogP contribution is -2.69. The third kappa shape index (κ3) is 5.85. The van der Waals surface area contributed by atoms with Crippen molar-refractivity contribution in [2.45, 2.75) is 31.0 Å². The van der Waals surface area contributed by atoms with E-state index in [1.54, 1.807) is 14.2 Å². The second kappa shape index (κ2) is 12.9. The van der Waals surface area contributed by atoms with Crippen LogP contribution in [0.15, 0.2) is 78.9 Å². The lowest BCUT2D eigenvalue weighted by atomic mass is 9.66. The highest BCUT2D eigenvalue weighted by Crippen LogP contribution is 2.45. The summed E-state index contributed by atoms with van der Waals surface area (Å²) in [6.07, 6.45) is 1.03. The second-order valence-electron chi connectivity index (χ2n) is 11.4. The van der Waals surface area contributed by atoms with E-state index in [0.717, 1.165) is 61.2 Å². The molecule has 6 nitrogen and oxygen atoms in total. The maximum Gasteiger partial charge on any atom is 0.227 e. The molecule has 7 heteroatoms.